The third-order valence-electron chi connectivity index (χ3n) is 2.63. The minimum Gasteiger partial charge on any atom is -0.393 e. The largest absolute Gasteiger partial charge is 0.393 e. The number of hydrogen-bond acceptors (Lipinski definition) is 1. The van der Waals surface area contributed by atoms with E-state index in [9.17, 15) is 5.11 Å². The van der Waals surface area contributed by atoms with Crippen LogP contribution in [0.4, 0.5) is 0 Å². The SMILES string of the molecule is CCC(CC(C)O)c1cccc(C)c1. The summed E-state index contributed by atoms with van der Waals surface area (Å²) in [4.78, 5) is 0. The molecule has 0 radical (unpaired) electrons. The molecule has 0 heterocycles. The standard InChI is InChI=1S/C13H20O/c1-4-12(9-11(3)14)13-7-5-6-10(2)8-13/h5-8,11-12,14H,4,9H2,1-3H3. The van der Waals surface area contributed by atoms with Crippen LogP contribution in [-0.4, -0.2) is 11.2 Å². The Labute approximate surface area is 86.8 Å². The molecule has 1 nitrogen and oxygen atoms in total. The van der Waals surface area contributed by atoms with Gasteiger partial charge in [0, 0.05) is 0 Å². The first-order chi connectivity index (χ1) is 6.63. The Morgan fingerprint density at radius 1 is 1.36 bits per heavy atom. The maximum absolute atomic E-state index is 9.38. The zero-order valence-electron chi connectivity index (χ0n) is 9.33. The molecule has 0 spiro atoms. The van der Waals surface area contributed by atoms with Gasteiger partial charge in [-0.05, 0) is 38.2 Å². The summed E-state index contributed by atoms with van der Waals surface area (Å²) in [7, 11) is 0. The Hall–Kier alpha value is -0.820. The molecule has 0 bridgehead atoms. The molecule has 0 saturated carbocycles. The maximum Gasteiger partial charge on any atom is 0.0517 e. The summed E-state index contributed by atoms with van der Waals surface area (Å²) in [6, 6.07) is 8.58. The van der Waals surface area contributed by atoms with Crippen LogP contribution in [0.25, 0.3) is 0 Å². The van der Waals surface area contributed by atoms with Gasteiger partial charge in [-0.2, -0.15) is 0 Å². The summed E-state index contributed by atoms with van der Waals surface area (Å²) in [6.07, 6.45) is 1.74. The smallest absolute Gasteiger partial charge is 0.0517 e. The van der Waals surface area contributed by atoms with Crippen LogP contribution in [-0.2, 0) is 0 Å². The molecular formula is C13H20O. The van der Waals surface area contributed by atoms with Crippen molar-refractivity contribution in [3.05, 3.63) is 35.4 Å². The normalized spacial score (nSPS) is 15.1. The molecule has 2 atom stereocenters. The van der Waals surface area contributed by atoms with Crippen molar-refractivity contribution in [2.75, 3.05) is 0 Å². The minimum atomic E-state index is -0.208. The summed E-state index contributed by atoms with van der Waals surface area (Å²) >= 11 is 0. The van der Waals surface area contributed by atoms with Crippen molar-refractivity contribution in [3.63, 3.8) is 0 Å². The van der Waals surface area contributed by atoms with Crippen molar-refractivity contribution >= 4 is 0 Å². The summed E-state index contributed by atoms with van der Waals surface area (Å²) in [5.74, 6) is 0.495. The molecule has 0 aromatic heterocycles. The van der Waals surface area contributed by atoms with Crippen LogP contribution in [0.3, 0.4) is 0 Å². The molecule has 78 valence electrons. The fraction of sp³-hybridized carbons (Fsp3) is 0.538. The van der Waals surface area contributed by atoms with Gasteiger partial charge in [0.1, 0.15) is 0 Å². The van der Waals surface area contributed by atoms with Crippen LogP contribution in [0.1, 0.15) is 43.7 Å². The second-order valence-electron chi connectivity index (χ2n) is 4.10. The molecule has 1 rings (SSSR count). The molecule has 0 saturated heterocycles. The predicted molar refractivity (Wildman–Crippen MR) is 60.5 cm³/mol. The van der Waals surface area contributed by atoms with Gasteiger partial charge in [0.05, 0.1) is 6.10 Å². The van der Waals surface area contributed by atoms with Gasteiger partial charge in [0.25, 0.3) is 0 Å². The van der Waals surface area contributed by atoms with Crippen LogP contribution >= 0.6 is 0 Å². The van der Waals surface area contributed by atoms with E-state index in [1.807, 2.05) is 6.92 Å². The van der Waals surface area contributed by atoms with Gasteiger partial charge in [0.15, 0.2) is 0 Å². The molecule has 1 aromatic carbocycles. The van der Waals surface area contributed by atoms with Crippen molar-refractivity contribution in [2.24, 2.45) is 0 Å². The van der Waals surface area contributed by atoms with E-state index in [1.165, 1.54) is 11.1 Å². The van der Waals surface area contributed by atoms with Crippen LogP contribution < -0.4 is 0 Å². The first-order valence-corrected chi connectivity index (χ1v) is 5.38. The number of rotatable bonds is 4. The number of benzene rings is 1. The van der Waals surface area contributed by atoms with Crippen LogP contribution in [0.15, 0.2) is 24.3 Å². The van der Waals surface area contributed by atoms with Gasteiger partial charge in [-0.1, -0.05) is 36.8 Å². The first kappa shape index (κ1) is 11.3. The highest BCUT2D eigenvalue weighted by Crippen LogP contribution is 2.25. The first-order valence-electron chi connectivity index (χ1n) is 5.38. The van der Waals surface area contributed by atoms with E-state index in [0.717, 1.165) is 12.8 Å². The Morgan fingerprint density at radius 3 is 2.57 bits per heavy atom. The Kier molecular flexibility index (Phi) is 4.15. The molecule has 0 amide bonds. The molecule has 1 N–H and O–H groups in total. The van der Waals surface area contributed by atoms with Gasteiger partial charge < -0.3 is 5.11 Å². The van der Waals surface area contributed by atoms with Gasteiger partial charge in [-0.15, -0.1) is 0 Å². The topological polar surface area (TPSA) is 20.2 Å². The number of aryl methyl sites for hydroxylation is 1. The molecule has 0 fully saturated rings. The van der Waals surface area contributed by atoms with E-state index in [2.05, 4.69) is 38.1 Å². The summed E-state index contributed by atoms with van der Waals surface area (Å²) in [6.45, 7) is 6.15. The Balaban J connectivity index is 2.78. The van der Waals surface area contributed by atoms with E-state index in [1.54, 1.807) is 0 Å². The highest BCUT2D eigenvalue weighted by atomic mass is 16.3. The maximum atomic E-state index is 9.38. The molecule has 1 aromatic rings. The van der Waals surface area contributed by atoms with Crippen LogP contribution in [0, 0.1) is 6.92 Å². The van der Waals surface area contributed by atoms with Crippen molar-refractivity contribution in [2.45, 2.75) is 45.6 Å². The minimum absolute atomic E-state index is 0.208. The van der Waals surface area contributed by atoms with Crippen molar-refractivity contribution in [3.8, 4) is 0 Å². The average Bonchev–Trinajstić information content (AvgIpc) is 2.14. The van der Waals surface area contributed by atoms with E-state index in [-0.39, 0.29) is 6.10 Å². The molecular weight excluding hydrogens is 172 g/mol. The second-order valence-corrected chi connectivity index (χ2v) is 4.10. The Bertz CT molecular complexity index is 278. The van der Waals surface area contributed by atoms with Crippen LogP contribution in [0.2, 0.25) is 0 Å². The predicted octanol–water partition coefficient (Wildman–Crippen LogP) is 3.26. The summed E-state index contributed by atoms with van der Waals surface area (Å²) < 4.78 is 0. The molecule has 2 unspecified atom stereocenters. The molecule has 14 heavy (non-hydrogen) atoms. The van der Waals surface area contributed by atoms with Gasteiger partial charge in [-0.3, -0.25) is 0 Å². The number of hydrogen-bond donors (Lipinski definition) is 1. The van der Waals surface area contributed by atoms with Gasteiger partial charge in [0.2, 0.25) is 0 Å². The fourth-order valence-corrected chi connectivity index (χ4v) is 1.87. The van der Waals surface area contributed by atoms with E-state index in [4.69, 9.17) is 0 Å². The highest BCUT2D eigenvalue weighted by molar-refractivity contribution is 5.25. The zero-order chi connectivity index (χ0) is 10.6. The molecule has 1 heteroatoms. The lowest BCUT2D eigenvalue weighted by Crippen LogP contribution is -2.08. The second kappa shape index (κ2) is 5.16. The number of aliphatic hydroxyl groups excluding tert-OH is 1. The van der Waals surface area contributed by atoms with Crippen molar-refractivity contribution < 1.29 is 5.11 Å². The molecule has 0 aliphatic carbocycles. The van der Waals surface area contributed by atoms with Gasteiger partial charge >= 0.3 is 0 Å². The third-order valence-corrected chi connectivity index (χ3v) is 2.63. The lowest BCUT2D eigenvalue weighted by atomic mass is 9.90. The quantitative estimate of drug-likeness (QED) is 0.776. The summed E-state index contributed by atoms with van der Waals surface area (Å²) in [5, 5.41) is 9.38. The highest BCUT2D eigenvalue weighted by Gasteiger charge is 2.11. The van der Waals surface area contributed by atoms with Crippen molar-refractivity contribution in [1.29, 1.82) is 0 Å². The Morgan fingerprint density at radius 2 is 2.07 bits per heavy atom. The fourth-order valence-electron chi connectivity index (χ4n) is 1.87. The van der Waals surface area contributed by atoms with Crippen LogP contribution in [0.5, 0.6) is 0 Å². The average molecular weight is 192 g/mol. The third kappa shape index (κ3) is 3.15. The molecule has 0 aliphatic heterocycles. The van der Waals surface area contributed by atoms with E-state index < -0.39 is 0 Å². The summed E-state index contributed by atoms with van der Waals surface area (Å²) in [5.41, 5.74) is 2.65. The van der Waals surface area contributed by atoms with Crippen molar-refractivity contribution in [1.82, 2.24) is 0 Å². The van der Waals surface area contributed by atoms with E-state index >= 15 is 0 Å². The lowest BCUT2D eigenvalue weighted by molar-refractivity contribution is 0.173. The van der Waals surface area contributed by atoms with E-state index in [0.29, 0.717) is 5.92 Å². The number of aliphatic hydroxyl groups is 1. The zero-order valence-corrected chi connectivity index (χ0v) is 9.33. The lowest BCUT2D eigenvalue weighted by Gasteiger charge is -2.17. The van der Waals surface area contributed by atoms with Gasteiger partial charge in [-0.25, -0.2) is 0 Å². The molecule has 0 aliphatic rings. The monoisotopic (exact) mass is 192 g/mol.